The second kappa shape index (κ2) is 10.1. The van der Waals surface area contributed by atoms with Crippen LogP contribution in [0.1, 0.15) is 44.8 Å². The molecule has 5 heteroatoms. The van der Waals surface area contributed by atoms with Gasteiger partial charge in [0.05, 0.1) is 12.3 Å². The Labute approximate surface area is 189 Å². The molecule has 1 unspecified atom stereocenters. The van der Waals surface area contributed by atoms with Crippen LogP contribution in [0.5, 0.6) is 0 Å². The van der Waals surface area contributed by atoms with E-state index in [-0.39, 0.29) is 5.92 Å². The molecule has 0 amide bonds. The van der Waals surface area contributed by atoms with Crippen molar-refractivity contribution in [3.8, 4) is 10.4 Å². The highest BCUT2D eigenvalue weighted by molar-refractivity contribution is 7.18. The Morgan fingerprint density at radius 1 is 1.06 bits per heavy atom. The van der Waals surface area contributed by atoms with Crippen molar-refractivity contribution in [3.63, 3.8) is 0 Å². The van der Waals surface area contributed by atoms with Crippen LogP contribution in [-0.2, 0) is 4.74 Å². The molecular formula is C26H31NO3S. The molecule has 0 aliphatic rings. The van der Waals surface area contributed by atoms with E-state index in [4.69, 9.17) is 4.74 Å². The van der Waals surface area contributed by atoms with Crippen molar-refractivity contribution < 1.29 is 14.6 Å². The highest BCUT2D eigenvalue weighted by atomic mass is 32.1. The first-order chi connectivity index (χ1) is 14.8. The summed E-state index contributed by atoms with van der Waals surface area (Å²) < 4.78 is 5.80. The van der Waals surface area contributed by atoms with E-state index >= 15 is 0 Å². The van der Waals surface area contributed by atoms with Crippen molar-refractivity contribution in [1.82, 2.24) is 0 Å². The predicted molar refractivity (Wildman–Crippen MR) is 130 cm³/mol. The van der Waals surface area contributed by atoms with E-state index in [0.717, 1.165) is 16.1 Å². The number of hydrogen-bond acceptors (Lipinski definition) is 4. The smallest absolute Gasteiger partial charge is 0.348 e. The standard InChI is InChI=1S/C26H31NO3S/c1-6-30-16-21(22-12-9-18(3)13-19(22)4)15-27(5)23-14-24(31-25(23)26(28)29)20-10-7-17(2)8-11-20/h7-14,21H,6,15-16H2,1-5H3,(H,28,29). The maximum atomic E-state index is 12.0. The van der Waals surface area contributed by atoms with Gasteiger partial charge >= 0.3 is 5.97 Å². The summed E-state index contributed by atoms with van der Waals surface area (Å²) in [6.07, 6.45) is 0. The fourth-order valence-electron chi connectivity index (χ4n) is 3.89. The number of thiophene rings is 1. The highest BCUT2D eigenvalue weighted by Gasteiger charge is 2.23. The van der Waals surface area contributed by atoms with Gasteiger partial charge in [-0.05, 0) is 50.5 Å². The molecule has 0 spiro atoms. The van der Waals surface area contributed by atoms with Crippen LogP contribution in [0.4, 0.5) is 5.69 Å². The van der Waals surface area contributed by atoms with Gasteiger partial charge in [-0.2, -0.15) is 0 Å². The van der Waals surface area contributed by atoms with Crippen LogP contribution in [-0.4, -0.2) is 37.9 Å². The molecule has 2 aromatic carbocycles. The van der Waals surface area contributed by atoms with Crippen molar-refractivity contribution in [2.45, 2.75) is 33.6 Å². The minimum absolute atomic E-state index is 0.148. The SMILES string of the molecule is CCOCC(CN(C)c1cc(-c2ccc(C)cc2)sc1C(=O)O)c1ccc(C)cc1C. The average molecular weight is 438 g/mol. The Morgan fingerprint density at radius 2 is 1.74 bits per heavy atom. The van der Waals surface area contributed by atoms with Gasteiger partial charge in [0.25, 0.3) is 0 Å². The van der Waals surface area contributed by atoms with Crippen molar-refractivity contribution in [2.75, 3.05) is 31.7 Å². The molecule has 164 valence electrons. The van der Waals surface area contributed by atoms with Crippen molar-refractivity contribution in [2.24, 2.45) is 0 Å². The van der Waals surface area contributed by atoms with Crippen LogP contribution in [0.2, 0.25) is 0 Å². The van der Waals surface area contributed by atoms with Gasteiger partial charge in [-0.3, -0.25) is 0 Å². The molecule has 3 rings (SSSR count). The Morgan fingerprint density at radius 3 is 2.35 bits per heavy atom. The molecular weight excluding hydrogens is 406 g/mol. The molecule has 1 N–H and O–H groups in total. The average Bonchev–Trinajstić information content (AvgIpc) is 3.18. The van der Waals surface area contributed by atoms with E-state index < -0.39 is 5.97 Å². The summed E-state index contributed by atoms with van der Waals surface area (Å²) >= 11 is 1.33. The molecule has 1 aromatic heterocycles. The fraction of sp³-hybridized carbons (Fsp3) is 0.346. The topological polar surface area (TPSA) is 49.8 Å². The quantitative estimate of drug-likeness (QED) is 0.427. The summed E-state index contributed by atoms with van der Waals surface area (Å²) in [5.74, 6) is -0.743. The molecule has 0 bridgehead atoms. The Kier molecular flexibility index (Phi) is 7.52. The zero-order valence-corrected chi connectivity index (χ0v) is 19.8. The molecule has 0 saturated carbocycles. The van der Waals surface area contributed by atoms with E-state index in [1.165, 1.54) is 33.6 Å². The second-order valence-electron chi connectivity index (χ2n) is 8.09. The highest BCUT2D eigenvalue weighted by Crippen LogP contribution is 2.37. The van der Waals surface area contributed by atoms with Crippen LogP contribution >= 0.6 is 11.3 Å². The lowest BCUT2D eigenvalue weighted by Crippen LogP contribution is -2.28. The number of aromatic carboxylic acids is 1. The molecule has 1 atom stereocenters. The van der Waals surface area contributed by atoms with Gasteiger partial charge in [-0.25, -0.2) is 4.79 Å². The first-order valence-electron chi connectivity index (χ1n) is 10.6. The molecule has 0 aliphatic heterocycles. The molecule has 0 aliphatic carbocycles. The molecule has 0 saturated heterocycles. The molecule has 3 aromatic rings. The van der Waals surface area contributed by atoms with Gasteiger partial charge in [-0.1, -0.05) is 53.6 Å². The summed E-state index contributed by atoms with van der Waals surface area (Å²) in [5.41, 5.74) is 6.69. The molecule has 0 fully saturated rings. The number of benzene rings is 2. The van der Waals surface area contributed by atoms with E-state index in [0.29, 0.717) is 24.6 Å². The van der Waals surface area contributed by atoms with Gasteiger partial charge in [0.1, 0.15) is 4.88 Å². The number of aryl methyl sites for hydroxylation is 3. The molecule has 31 heavy (non-hydrogen) atoms. The first-order valence-corrected chi connectivity index (χ1v) is 11.4. The van der Waals surface area contributed by atoms with Gasteiger partial charge < -0.3 is 14.7 Å². The van der Waals surface area contributed by atoms with E-state index in [1.807, 2.05) is 39.1 Å². The Bertz CT molecular complexity index is 1040. The second-order valence-corrected chi connectivity index (χ2v) is 9.15. The zero-order chi connectivity index (χ0) is 22.5. The van der Waals surface area contributed by atoms with E-state index in [1.54, 1.807) is 0 Å². The van der Waals surface area contributed by atoms with E-state index in [2.05, 4.69) is 49.1 Å². The largest absolute Gasteiger partial charge is 0.477 e. The van der Waals surface area contributed by atoms with Crippen LogP contribution in [0, 0.1) is 20.8 Å². The molecule has 4 nitrogen and oxygen atoms in total. The number of hydrogen-bond donors (Lipinski definition) is 1. The molecule has 0 radical (unpaired) electrons. The van der Waals surface area contributed by atoms with Crippen LogP contribution in [0.25, 0.3) is 10.4 Å². The monoisotopic (exact) mass is 437 g/mol. The summed E-state index contributed by atoms with van der Waals surface area (Å²) in [4.78, 5) is 15.4. The van der Waals surface area contributed by atoms with Gasteiger partial charge in [0, 0.05) is 31.0 Å². The number of anilines is 1. The third-order valence-electron chi connectivity index (χ3n) is 5.54. The number of rotatable bonds is 9. The molecule has 1 heterocycles. The fourth-order valence-corrected chi connectivity index (χ4v) is 4.94. The lowest BCUT2D eigenvalue weighted by Gasteiger charge is -2.27. The first kappa shape index (κ1) is 23.0. The Balaban J connectivity index is 1.92. The number of carboxylic acid groups (broad SMARTS) is 1. The van der Waals surface area contributed by atoms with Crippen LogP contribution in [0.3, 0.4) is 0 Å². The van der Waals surface area contributed by atoms with Crippen molar-refractivity contribution >= 4 is 23.0 Å². The number of carboxylic acids is 1. The van der Waals surface area contributed by atoms with Crippen molar-refractivity contribution in [3.05, 3.63) is 75.7 Å². The van der Waals surface area contributed by atoms with Crippen LogP contribution < -0.4 is 4.90 Å². The summed E-state index contributed by atoms with van der Waals surface area (Å²) in [5, 5.41) is 9.85. The number of carbonyl (C=O) groups is 1. The zero-order valence-electron chi connectivity index (χ0n) is 18.9. The third-order valence-corrected chi connectivity index (χ3v) is 6.70. The van der Waals surface area contributed by atoms with Gasteiger partial charge in [-0.15, -0.1) is 11.3 Å². The van der Waals surface area contributed by atoms with Crippen LogP contribution in [0.15, 0.2) is 48.5 Å². The summed E-state index contributed by atoms with van der Waals surface area (Å²) in [6, 6.07) is 16.7. The maximum absolute atomic E-state index is 12.0. The maximum Gasteiger partial charge on any atom is 0.348 e. The number of ether oxygens (including phenoxy) is 1. The van der Waals surface area contributed by atoms with Crippen molar-refractivity contribution in [1.29, 1.82) is 0 Å². The lowest BCUT2D eigenvalue weighted by atomic mass is 9.93. The lowest BCUT2D eigenvalue weighted by molar-refractivity contribution is 0.0702. The normalized spacial score (nSPS) is 12.0. The number of likely N-dealkylation sites (N-methyl/N-ethyl adjacent to an activating group) is 1. The summed E-state index contributed by atoms with van der Waals surface area (Å²) in [7, 11) is 1.97. The van der Waals surface area contributed by atoms with E-state index in [9.17, 15) is 9.90 Å². The Hall–Kier alpha value is -2.63. The van der Waals surface area contributed by atoms with Gasteiger partial charge in [0.2, 0.25) is 0 Å². The predicted octanol–water partition coefficient (Wildman–Crippen LogP) is 6.30. The summed E-state index contributed by atoms with van der Waals surface area (Å²) in [6.45, 7) is 10.2. The third kappa shape index (κ3) is 5.54. The minimum Gasteiger partial charge on any atom is -0.477 e. The van der Waals surface area contributed by atoms with Gasteiger partial charge in [0.15, 0.2) is 0 Å². The minimum atomic E-state index is -0.891. The number of nitrogens with zero attached hydrogens (tertiary/aromatic N) is 1.